The van der Waals surface area contributed by atoms with E-state index in [-0.39, 0.29) is 10.6 Å². The van der Waals surface area contributed by atoms with E-state index in [4.69, 9.17) is 0 Å². The summed E-state index contributed by atoms with van der Waals surface area (Å²) in [7, 11) is -3.83. The Morgan fingerprint density at radius 2 is 2.09 bits per heavy atom. The van der Waals surface area contributed by atoms with Gasteiger partial charge in [-0.05, 0) is 36.8 Å². The number of hydrogen-bond acceptors (Lipinski definition) is 3. The van der Waals surface area contributed by atoms with Gasteiger partial charge < -0.3 is 4.57 Å². The Bertz CT molecular complexity index is 951. The Morgan fingerprint density at radius 3 is 2.83 bits per heavy atom. The molecule has 5 nitrogen and oxygen atoms in total. The molecule has 0 bridgehead atoms. The van der Waals surface area contributed by atoms with Crippen molar-refractivity contribution in [2.24, 2.45) is 0 Å². The number of aromatic nitrogens is 2. The van der Waals surface area contributed by atoms with Crippen LogP contribution < -0.4 is 4.72 Å². The second kappa shape index (κ2) is 6.00. The molecule has 0 unspecified atom stereocenters. The molecule has 23 heavy (non-hydrogen) atoms. The maximum atomic E-state index is 13.3. The summed E-state index contributed by atoms with van der Waals surface area (Å²) >= 11 is 0. The van der Waals surface area contributed by atoms with Crippen LogP contribution in [0.4, 0.5) is 10.1 Å². The van der Waals surface area contributed by atoms with Gasteiger partial charge in [-0.25, -0.2) is 17.8 Å². The normalized spacial score (nSPS) is 11.7. The number of nitrogens with one attached hydrogen (secondary N) is 1. The highest BCUT2D eigenvalue weighted by Crippen LogP contribution is 2.26. The van der Waals surface area contributed by atoms with Crippen molar-refractivity contribution in [2.75, 3.05) is 4.72 Å². The first-order chi connectivity index (χ1) is 11.0. The van der Waals surface area contributed by atoms with E-state index in [0.29, 0.717) is 17.6 Å². The number of aryl methyl sites for hydroxylation is 1. The van der Waals surface area contributed by atoms with Crippen LogP contribution in [-0.2, 0) is 16.6 Å². The van der Waals surface area contributed by atoms with Crippen LogP contribution in [0.3, 0.4) is 0 Å². The molecule has 0 radical (unpaired) electrons. The van der Waals surface area contributed by atoms with Crippen molar-refractivity contribution < 1.29 is 12.8 Å². The number of fused-ring (bicyclic) bond motifs is 1. The zero-order valence-electron chi connectivity index (χ0n) is 12.5. The number of nitrogens with zero attached hydrogens (tertiary/aromatic N) is 2. The molecule has 0 atom stereocenters. The first-order valence-corrected chi connectivity index (χ1v) is 8.72. The first-order valence-electron chi connectivity index (χ1n) is 7.23. The number of benzene rings is 1. The fraction of sp³-hybridized carbons (Fsp3) is 0.188. The lowest BCUT2D eigenvalue weighted by Crippen LogP contribution is -2.12. The van der Waals surface area contributed by atoms with Crippen LogP contribution in [0.25, 0.3) is 11.0 Å². The summed E-state index contributed by atoms with van der Waals surface area (Å²) in [6, 6.07) is 8.77. The van der Waals surface area contributed by atoms with Crippen molar-refractivity contribution in [2.45, 2.75) is 24.8 Å². The summed E-state index contributed by atoms with van der Waals surface area (Å²) in [6.07, 6.45) is 4.06. The molecule has 0 aliphatic heterocycles. The topological polar surface area (TPSA) is 64.0 Å². The number of sulfonamides is 1. The highest BCUT2D eigenvalue weighted by Gasteiger charge is 2.21. The van der Waals surface area contributed by atoms with Gasteiger partial charge in [0, 0.05) is 24.3 Å². The van der Waals surface area contributed by atoms with E-state index < -0.39 is 15.8 Å². The van der Waals surface area contributed by atoms with Gasteiger partial charge in [0.2, 0.25) is 0 Å². The van der Waals surface area contributed by atoms with Crippen LogP contribution in [0, 0.1) is 5.82 Å². The zero-order valence-corrected chi connectivity index (χ0v) is 13.3. The standard InChI is InChI=1S/C16H16FN3O2S/c1-2-9-20-11-15(14-7-4-8-18-16(14)20)23(21,22)19-13-6-3-5-12(17)10-13/h3-8,10-11,19H,2,9H2,1H3. The van der Waals surface area contributed by atoms with Crippen LogP contribution in [0.15, 0.2) is 53.7 Å². The second-order valence-electron chi connectivity index (χ2n) is 5.18. The van der Waals surface area contributed by atoms with E-state index in [0.717, 1.165) is 12.5 Å². The van der Waals surface area contributed by atoms with E-state index in [1.165, 1.54) is 18.2 Å². The summed E-state index contributed by atoms with van der Waals surface area (Å²) in [4.78, 5) is 4.40. The summed E-state index contributed by atoms with van der Waals surface area (Å²) in [5.74, 6) is -0.500. The largest absolute Gasteiger partial charge is 0.331 e. The van der Waals surface area contributed by atoms with Crippen LogP contribution in [0.2, 0.25) is 0 Å². The molecule has 0 saturated heterocycles. The molecule has 7 heteroatoms. The zero-order chi connectivity index (χ0) is 16.4. The first kappa shape index (κ1) is 15.5. The molecular weight excluding hydrogens is 317 g/mol. The lowest BCUT2D eigenvalue weighted by molar-refractivity contribution is 0.600. The highest BCUT2D eigenvalue weighted by atomic mass is 32.2. The Kier molecular flexibility index (Phi) is 4.04. The van der Waals surface area contributed by atoms with Gasteiger partial charge in [0.15, 0.2) is 0 Å². The van der Waals surface area contributed by atoms with E-state index in [1.54, 1.807) is 24.5 Å². The molecule has 0 amide bonds. The smallest absolute Gasteiger partial charge is 0.264 e. The van der Waals surface area contributed by atoms with Gasteiger partial charge in [-0.2, -0.15) is 0 Å². The van der Waals surface area contributed by atoms with Crippen molar-refractivity contribution in [3.05, 3.63) is 54.6 Å². The lowest BCUT2D eigenvalue weighted by atomic mass is 10.3. The third kappa shape index (κ3) is 3.05. The van der Waals surface area contributed by atoms with Crippen molar-refractivity contribution >= 4 is 26.7 Å². The van der Waals surface area contributed by atoms with Gasteiger partial charge in [-0.1, -0.05) is 13.0 Å². The average Bonchev–Trinajstić information content (AvgIpc) is 2.87. The predicted molar refractivity (Wildman–Crippen MR) is 87.2 cm³/mol. The minimum atomic E-state index is -3.83. The molecule has 1 N–H and O–H groups in total. The molecular formula is C16H16FN3O2S. The molecule has 0 saturated carbocycles. The van der Waals surface area contributed by atoms with E-state index in [2.05, 4.69) is 9.71 Å². The van der Waals surface area contributed by atoms with Crippen LogP contribution in [0.1, 0.15) is 13.3 Å². The van der Waals surface area contributed by atoms with E-state index >= 15 is 0 Å². The monoisotopic (exact) mass is 333 g/mol. The van der Waals surface area contributed by atoms with Crippen molar-refractivity contribution in [1.82, 2.24) is 9.55 Å². The molecule has 3 aromatic rings. The number of anilines is 1. The second-order valence-corrected chi connectivity index (χ2v) is 6.83. The highest BCUT2D eigenvalue weighted by molar-refractivity contribution is 7.93. The van der Waals surface area contributed by atoms with Gasteiger partial charge in [0.1, 0.15) is 16.4 Å². The Morgan fingerprint density at radius 1 is 1.26 bits per heavy atom. The Labute approximate surface area is 133 Å². The van der Waals surface area contributed by atoms with Gasteiger partial charge in [-0.3, -0.25) is 4.72 Å². The maximum absolute atomic E-state index is 13.3. The number of rotatable bonds is 5. The van der Waals surface area contributed by atoms with Crippen molar-refractivity contribution in [3.63, 3.8) is 0 Å². The van der Waals surface area contributed by atoms with Crippen molar-refractivity contribution in [3.8, 4) is 0 Å². The summed E-state index contributed by atoms with van der Waals surface area (Å²) in [5.41, 5.74) is 0.805. The van der Waals surface area contributed by atoms with E-state index in [9.17, 15) is 12.8 Å². The predicted octanol–water partition coefficient (Wildman–Crippen LogP) is 3.39. The molecule has 0 fully saturated rings. The van der Waals surface area contributed by atoms with Crippen LogP contribution in [0.5, 0.6) is 0 Å². The molecule has 120 valence electrons. The maximum Gasteiger partial charge on any atom is 0.264 e. The minimum Gasteiger partial charge on any atom is -0.331 e. The van der Waals surface area contributed by atoms with Crippen molar-refractivity contribution in [1.29, 1.82) is 0 Å². The lowest BCUT2D eigenvalue weighted by Gasteiger charge is -2.07. The van der Waals surface area contributed by atoms with Gasteiger partial charge in [-0.15, -0.1) is 0 Å². The number of hydrogen-bond donors (Lipinski definition) is 1. The minimum absolute atomic E-state index is 0.137. The fourth-order valence-electron chi connectivity index (χ4n) is 2.48. The molecule has 0 aliphatic rings. The average molecular weight is 333 g/mol. The number of pyridine rings is 1. The SMILES string of the molecule is CCCn1cc(S(=O)(=O)Nc2cccc(F)c2)c2cccnc21. The Balaban J connectivity index is 2.08. The molecule has 0 spiro atoms. The van der Waals surface area contributed by atoms with E-state index in [1.807, 2.05) is 11.5 Å². The van der Waals surface area contributed by atoms with Gasteiger partial charge >= 0.3 is 0 Å². The van der Waals surface area contributed by atoms with Crippen LogP contribution >= 0.6 is 0 Å². The number of halogens is 1. The summed E-state index contributed by atoms with van der Waals surface area (Å²) < 4.78 is 42.8. The Hall–Kier alpha value is -2.41. The van der Waals surface area contributed by atoms with Crippen LogP contribution in [-0.4, -0.2) is 18.0 Å². The van der Waals surface area contributed by atoms with Gasteiger partial charge in [0.05, 0.1) is 5.69 Å². The van der Waals surface area contributed by atoms with Gasteiger partial charge in [0.25, 0.3) is 10.0 Å². The molecule has 2 aromatic heterocycles. The summed E-state index contributed by atoms with van der Waals surface area (Å²) in [5, 5.41) is 0.546. The molecule has 3 rings (SSSR count). The third-order valence-electron chi connectivity index (χ3n) is 3.43. The quantitative estimate of drug-likeness (QED) is 0.778. The summed E-state index contributed by atoms with van der Waals surface area (Å²) in [6.45, 7) is 2.68. The molecule has 1 aromatic carbocycles. The molecule has 0 aliphatic carbocycles. The fourth-order valence-corrected chi connectivity index (χ4v) is 3.74. The molecule has 2 heterocycles. The third-order valence-corrected chi connectivity index (χ3v) is 4.84.